The molecule has 4 rings (SSSR count). The van der Waals surface area contributed by atoms with Crippen LogP contribution in [-0.2, 0) is 0 Å². The summed E-state index contributed by atoms with van der Waals surface area (Å²) in [7, 11) is 0. The second kappa shape index (κ2) is 7.24. The van der Waals surface area contributed by atoms with Crippen LogP contribution in [0.3, 0.4) is 0 Å². The number of carbonyl (C=O) groups is 1. The van der Waals surface area contributed by atoms with E-state index in [-0.39, 0.29) is 17.4 Å². The molecule has 0 bridgehead atoms. The molecule has 8 heteroatoms. The summed E-state index contributed by atoms with van der Waals surface area (Å²) in [5.41, 5.74) is 2.29. The lowest BCUT2D eigenvalue weighted by Gasteiger charge is -2.07. The number of anilines is 1. The predicted molar refractivity (Wildman–Crippen MR) is 107 cm³/mol. The van der Waals surface area contributed by atoms with Gasteiger partial charge in [-0.2, -0.15) is 0 Å². The number of H-pyrrole nitrogens is 1. The highest BCUT2D eigenvalue weighted by Gasteiger charge is 2.17. The van der Waals surface area contributed by atoms with Crippen LogP contribution < -0.4 is 11.0 Å². The molecule has 0 unspecified atom stereocenters. The van der Waals surface area contributed by atoms with Gasteiger partial charge < -0.3 is 10.3 Å². The number of thiazole rings is 1. The summed E-state index contributed by atoms with van der Waals surface area (Å²) in [6, 6.07) is 13.0. The molecule has 28 heavy (non-hydrogen) atoms. The summed E-state index contributed by atoms with van der Waals surface area (Å²) in [6.45, 7) is 1.76. The van der Waals surface area contributed by atoms with Crippen LogP contribution in [0.5, 0.6) is 0 Å². The van der Waals surface area contributed by atoms with Crippen LogP contribution in [0.15, 0.2) is 65.7 Å². The van der Waals surface area contributed by atoms with Crippen LogP contribution in [0, 0.1) is 12.7 Å². The normalized spacial score (nSPS) is 10.8. The van der Waals surface area contributed by atoms with Gasteiger partial charge in [-0.25, -0.2) is 14.2 Å². The van der Waals surface area contributed by atoms with Crippen LogP contribution >= 0.6 is 11.3 Å². The first-order valence-corrected chi connectivity index (χ1v) is 9.24. The highest BCUT2D eigenvalue weighted by atomic mass is 32.1. The van der Waals surface area contributed by atoms with Crippen molar-refractivity contribution in [3.63, 3.8) is 0 Å². The molecule has 0 spiro atoms. The molecular weight excluding hydrogens is 379 g/mol. The van der Waals surface area contributed by atoms with Gasteiger partial charge in [0.1, 0.15) is 15.7 Å². The highest BCUT2D eigenvalue weighted by molar-refractivity contribution is 7.17. The van der Waals surface area contributed by atoms with E-state index in [9.17, 15) is 14.0 Å². The number of aryl methyl sites for hydroxylation is 1. The lowest BCUT2D eigenvalue weighted by Crippen LogP contribution is -2.15. The number of aromatic amines is 1. The minimum atomic E-state index is -0.323. The Balaban J connectivity index is 1.58. The zero-order chi connectivity index (χ0) is 19.7. The van der Waals surface area contributed by atoms with Gasteiger partial charge in [-0.1, -0.05) is 6.07 Å². The topological polar surface area (TPSA) is 79.8 Å². The Hall–Kier alpha value is -3.52. The molecule has 0 atom stereocenters. The third kappa shape index (κ3) is 3.49. The first-order chi connectivity index (χ1) is 13.5. The lowest BCUT2D eigenvalue weighted by molar-refractivity contribution is 0.103. The molecule has 2 heterocycles. The van der Waals surface area contributed by atoms with E-state index in [0.29, 0.717) is 27.0 Å². The summed E-state index contributed by atoms with van der Waals surface area (Å²) in [5, 5.41) is 3.49. The molecule has 0 aliphatic heterocycles. The van der Waals surface area contributed by atoms with Crippen molar-refractivity contribution in [2.45, 2.75) is 6.92 Å². The third-order valence-corrected chi connectivity index (χ3v) is 5.33. The average Bonchev–Trinajstić information content (AvgIpc) is 3.28. The van der Waals surface area contributed by atoms with Crippen molar-refractivity contribution < 1.29 is 9.18 Å². The SMILES string of the molecule is Cc1nc(-c2ccc(F)cc2)sc1C(=O)Nc1cccc(-n2cc[nH]c2=O)c1. The van der Waals surface area contributed by atoms with Crippen molar-refractivity contribution in [2.24, 2.45) is 0 Å². The number of nitrogens with zero attached hydrogens (tertiary/aromatic N) is 2. The van der Waals surface area contributed by atoms with Gasteiger partial charge in [0.2, 0.25) is 0 Å². The highest BCUT2D eigenvalue weighted by Crippen LogP contribution is 2.28. The fourth-order valence-corrected chi connectivity index (χ4v) is 3.73. The first kappa shape index (κ1) is 17.9. The number of imidazole rings is 1. The van der Waals surface area contributed by atoms with Gasteiger partial charge >= 0.3 is 5.69 Å². The Labute approximate surface area is 163 Å². The van der Waals surface area contributed by atoms with Gasteiger partial charge in [0, 0.05) is 23.6 Å². The van der Waals surface area contributed by atoms with Gasteiger partial charge in [-0.15, -0.1) is 11.3 Å². The fourth-order valence-electron chi connectivity index (χ4n) is 2.77. The fraction of sp³-hybridized carbons (Fsp3) is 0.0500. The number of benzene rings is 2. The minimum absolute atomic E-state index is 0.259. The molecular formula is C20H15FN4O2S. The predicted octanol–water partition coefficient (Wildman–Crippen LogP) is 3.99. The van der Waals surface area contributed by atoms with Gasteiger partial charge in [0.05, 0.1) is 11.4 Å². The molecule has 2 aromatic heterocycles. The maximum absolute atomic E-state index is 13.1. The molecule has 2 N–H and O–H groups in total. The molecule has 4 aromatic rings. The minimum Gasteiger partial charge on any atom is -0.321 e. The van der Waals surface area contributed by atoms with E-state index in [0.717, 1.165) is 5.56 Å². The molecule has 0 aliphatic carbocycles. The van der Waals surface area contributed by atoms with Crippen molar-refractivity contribution in [3.8, 4) is 16.3 Å². The van der Waals surface area contributed by atoms with Gasteiger partial charge in [0.25, 0.3) is 5.91 Å². The Morgan fingerprint density at radius 1 is 1.21 bits per heavy atom. The Morgan fingerprint density at radius 3 is 2.71 bits per heavy atom. The summed E-state index contributed by atoms with van der Waals surface area (Å²) < 4.78 is 14.6. The standard InChI is InChI=1S/C20H15FN4O2S/c1-12-17(28-19(23-12)13-5-7-14(21)8-6-13)18(26)24-15-3-2-4-16(11-15)25-10-9-22-20(25)27/h2-11H,1H3,(H,22,27)(H,24,26). The Bertz CT molecular complexity index is 1210. The number of nitrogens with one attached hydrogen (secondary N) is 2. The molecule has 6 nitrogen and oxygen atoms in total. The van der Waals surface area contributed by atoms with Crippen LogP contribution in [0.1, 0.15) is 15.4 Å². The maximum Gasteiger partial charge on any atom is 0.330 e. The van der Waals surface area contributed by atoms with E-state index in [4.69, 9.17) is 0 Å². The molecule has 0 aliphatic rings. The Morgan fingerprint density at radius 2 is 2.00 bits per heavy atom. The Kier molecular flexibility index (Phi) is 4.62. The largest absolute Gasteiger partial charge is 0.330 e. The molecule has 0 saturated carbocycles. The van der Waals surface area contributed by atoms with Crippen molar-refractivity contribution in [1.29, 1.82) is 0 Å². The summed E-state index contributed by atoms with van der Waals surface area (Å²) >= 11 is 1.24. The van der Waals surface area contributed by atoms with Crippen LogP contribution in [-0.4, -0.2) is 20.4 Å². The summed E-state index contributed by atoms with van der Waals surface area (Å²) in [5.74, 6) is -0.613. The van der Waals surface area contributed by atoms with Gasteiger partial charge in [-0.05, 0) is 49.4 Å². The molecule has 1 amide bonds. The van der Waals surface area contributed by atoms with Crippen LogP contribution in [0.2, 0.25) is 0 Å². The number of rotatable bonds is 4. The second-order valence-corrected chi connectivity index (χ2v) is 7.08. The van der Waals surface area contributed by atoms with Gasteiger partial charge in [-0.3, -0.25) is 9.36 Å². The monoisotopic (exact) mass is 394 g/mol. The summed E-state index contributed by atoms with van der Waals surface area (Å²) in [4.78, 5) is 32.0. The van der Waals surface area contributed by atoms with E-state index in [1.807, 2.05) is 0 Å². The third-order valence-electron chi connectivity index (χ3n) is 4.13. The van der Waals surface area contributed by atoms with Crippen molar-refractivity contribution in [2.75, 3.05) is 5.32 Å². The number of carbonyl (C=O) groups excluding carboxylic acids is 1. The van der Waals surface area contributed by atoms with Crippen LogP contribution in [0.25, 0.3) is 16.3 Å². The number of halogens is 1. The molecule has 0 fully saturated rings. The lowest BCUT2D eigenvalue weighted by atomic mass is 10.2. The zero-order valence-electron chi connectivity index (χ0n) is 14.8. The van der Waals surface area contributed by atoms with Crippen LogP contribution in [0.4, 0.5) is 10.1 Å². The van der Waals surface area contributed by atoms with E-state index >= 15 is 0 Å². The maximum atomic E-state index is 13.1. The average molecular weight is 394 g/mol. The molecule has 0 radical (unpaired) electrons. The van der Waals surface area contributed by atoms with Crippen molar-refractivity contribution in [3.05, 3.63) is 87.8 Å². The number of hydrogen-bond acceptors (Lipinski definition) is 4. The van der Waals surface area contributed by atoms with Crippen molar-refractivity contribution >= 4 is 22.9 Å². The smallest absolute Gasteiger partial charge is 0.321 e. The van der Waals surface area contributed by atoms with Crippen molar-refractivity contribution in [1.82, 2.24) is 14.5 Å². The number of hydrogen-bond donors (Lipinski definition) is 2. The quantitative estimate of drug-likeness (QED) is 0.549. The summed E-state index contributed by atoms with van der Waals surface area (Å²) in [6.07, 6.45) is 3.16. The first-order valence-electron chi connectivity index (χ1n) is 8.42. The van der Waals surface area contributed by atoms with Gasteiger partial charge in [0.15, 0.2) is 0 Å². The van der Waals surface area contributed by atoms with E-state index in [1.165, 1.54) is 28.0 Å². The number of amides is 1. The van der Waals surface area contributed by atoms with E-state index in [2.05, 4.69) is 15.3 Å². The molecule has 140 valence electrons. The second-order valence-electron chi connectivity index (χ2n) is 6.08. The molecule has 2 aromatic carbocycles. The van der Waals surface area contributed by atoms with E-state index < -0.39 is 0 Å². The zero-order valence-corrected chi connectivity index (χ0v) is 15.6. The van der Waals surface area contributed by atoms with E-state index in [1.54, 1.807) is 55.7 Å². The molecule has 0 saturated heterocycles. The number of aromatic nitrogens is 3.